The molecule has 2 N–H and O–H groups in total. The summed E-state index contributed by atoms with van der Waals surface area (Å²) < 4.78 is 34.3. The summed E-state index contributed by atoms with van der Waals surface area (Å²) >= 11 is 0. The number of allylic oxidation sites excluding steroid dienone is 7. The number of likely N-dealkylation sites (N-methyl/N-ethyl adjacent to an activating group) is 1. The largest absolute Gasteiger partial charge is 0.472 e. The second-order valence-electron chi connectivity index (χ2n) is 17.7. The molecular formula is C50H93NO9P+. The third-order valence-corrected chi connectivity index (χ3v) is 11.4. The normalized spacial score (nSPS) is 14.4. The number of aliphatic hydroxyl groups excluding tert-OH is 1. The molecule has 0 saturated heterocycles. The highest BCUT2D eigenvalue weighted by atomic mass is 31.2. The number of ether oxygens (including phenoxy) is 2. The van der Waals surface area contributed by atoms with Gasteiger partial charge < -0.3 is 24.0 Å². The maximum absolute atomic E-state index is 12.7. The lowest BCUT2D eigenvalue weighted by Crippen LogP contribution is -2.37. The van der Waals surface area contributed by atoms with E-state index in [4.69, 9.17) is 18.5 Å². The molecule has 0 amide bonds. The van der Waals surface area contributed by atoms with Gasteiger partial charge in [-0.2, -0.15) is 0 Å². The maximum atomic E-state index is 12.7. The van der Waals surface area contributed by atoms with Gasteiger partial charge in [-0.3, -0.25) is 18.6 Å². The second kappa shape index (κ2) is 41.9. The monoisotopic (exact) mass is 883 g/mol. The summed E-state index contributed by atoms with van der Waals surface area (Å²) in [6.07, 6.45) is 46.5. The summed E-state index contributed by atoms with van der Waals surface area (Å²) in [5.74, 6) is -0.881. The Morgan fingerprint density at radius 3 is 1.54 bits per heavy atom. The molecule has 0 aromatic heterocycles. The lowest BCUT2D eigenvalue weighted by molar-refractivity contribution is -0.870. The first kappa shape index (κ1) is 58.9. The fourth-order valence-corrected chi connectivity index (χ4v) is 7.30. The van der Waals surface area contributed by atoms with Gasteiger partial charge in [0.2, 0.25) is 0 Å². The van der Waals surface area contributed by atoms with Gasteiger partial charge in [0.15, 0.2) is 6.10 Å². The number of esters is 2. The van der Waals surface area contributed by atoms with Crippen molar-refractivity contribution in [2.24, 2.45) is 0 Å². The van der Waals surface area contributed by atoms with Crippen molar-refractivity contribution in [2.75, 3.05) is 47.5 Å². The molecule has 0 aliphatic carbocycles. The van der Waals surface area contributed by atoms with Gasteiger partial charge in [0.1, 0.15) is 19.8 Å². The van der Waals surface area contributed by atoms with E-state index >= 15 is 0 Å². The molecule has 0 saturated carbocycles. The van der Waals surface area contributed by atoms with Crippen LogP contribution in [-0.2, 0) is 32.7 Å². The Hall–Kier alpha value is -2.07. The number of carbonyl (C=O) groups is 2. The number of quaternary nitrogens is 1. The van der Waals surface area contributed by atoms with E-state index in [9.17, 15) is 24.2 Å². The third kappa shape index (κ3) is 45.8. The first-order valence-electron chi connectivity index (χ1n) is 24.5. The molecule has 0 aliphatic heterocycles. The van der Waals surface area contributed by atoms with E-state index in [-0.39, 0.29) is 38.1 Å². The van der Waals surface area contributed by atoms with Crippen molar-refractivity contribution in [3.05, 3.63) is 48.6 Å². The number of nitrogens with zero attached hydrogens (tertiary/aromatic N) is 1. The number of phosphoric acid groups is 1. The van der Waals surface area contributed by atoms with Crippen molar-refractivity contribution in [1.29, 1.82) is 0 Å². The molecule has 0 rings (SSSR count). The van der Waals surface area contributed by atoms with Crippen LogP contribution in [0.5, 0.6) is 0 Å². The SMILES string of the molecule is CCCCCCCCCCCCCCCCCCCCCC(=O)OC[C@H](COP(=O)(O)OCC[N+](C)(C)C)OC(=O)CCC/C=C\C/C=C\C/C=C\C/C=C\[C@H](O)CCCC. The number of carbonyl (C=O) groups excluding carboxylic acids is 2. The molecule has 11 heteroatoms. The van der Waals surface area contributed by atoms with Crippen molar-refractivity contribution in [3.8, 4) is 0 Å². The van der Waals surface area contributed by atoms with Gasteiger partial charge >= 0.3 is 19.8 Å². The molecule has 0 aliphatic rings. The molecule has 61 heavy (non-hydrogen) atoms. The minimum absolute atomic E-state index is 0.0140. The lowest BCUT2D eigenvalue weighted by atomic mass is 10.0. The van der Waals surface area contributed by atoms with Crippen LogP contribution in [0.1, 0.15) is 200 Å². The summed E-state index contributed by atoms with van der Waals surface area (Å²) in [6, 6.07) is 0. The summed E-state index contributed by atoms with van der Waals surface area (Å²) in [7, 11) is 1.42. The van der Waals surface area contributed by atoms with Crippen molar-refractivity contribution in [2.45, 2.75) is 212 Å². The molecule has 0 spiro atoms. The fraction of sp³-hybridized carbons (Fsp3) is 0.800. The minimum atomic E-state index is -4.40. The van der Waals surface area contributed by atoms with Gasteiger partial charge in [0.05, 0.1) is 33.9 Å². The van der Waals surface area contributed by atoms with Crippen molar-refractivity contribution in [1.82, 2.24) is 0 Å². The number of aliphatic hydroxyl groups is 1. The van der Waals surface area contributed by atoms with Crippen LogP contribution in [0.15, 0.2) is 48.6 Å². The Morgan fingerprint density at radius 1 is 0.574 bits per heavy atom. The quantitative estimate of drug-likeness (QED) is 0.0202. The standard InChI is InChI=1S/C50H92NO9P/c1-6-8-10-11-12-13-14-15-16-17-18-19-20-21-25-28-31-34-37-41-49(53)57-45-48(46-59-61(55,56)58-44-43-51(3,4)5)60-50(54)42-38-35-32-29-26-23-22-24-27-30-33-36-40-47(52)39-9-7-2/h22-23,27,29-30,32,36,40,47-48,52H,6-21,24-26,28,31,33-35,37-39,41-46H2,1-5H3/p+1/b23-22-,30-27-,32-29-,40-36-/t47-,48-/m1/s1. The van der Waals surface area contributed by atoms with Crippen LogP contribution in [0.2, 0.25) is 0 Å². The molecule has 356 valence electrons. The number of phosphoric ester groups is 1. The molecule has 0 aromatic carbocycles. The molecule has 10 nitrogen and oxygen atoms in total. The van der Waals surface area contributed by atoms with Crippen LogP contribution in [0.3, 0.4) is 0 Å². The van der Waals surface area contributed by atoms with E-state index in [1.807, 2.05) is 39.4 Å². The number of unbranched alkanes of at least 4 members (excludes halogenated alkanes) is 20. The van der Waals surface area contributed by atoms with E-state index in [2.05, 4.69) is 44.2 Å². The zero-order valence-corrected chi connectivity index (χ0v) is 40.6. The van der Waals surface area contributed by atoms with Crippen molar-refractivity contribution >= 4 is 19.8 Å². The van der Waals surface area contributed by atoms with Crippen LogP contribution in [0.4, 0.5) is 0 Å². The van der Waals surface area contributed by atoms with Crippen LogP contribution in [0.25, 0.3) is 0 Å². The highest BCUT2D eigenvalue weighted by molar-refractivity contribution is 7.47. The van der Waals surface area contributed by atoms with E-state index < -0.39 is 26.5 Å². The zero-order valence-electron chi connectivity index (χ0n) is 39.8. The van der Waals surface area contributed by atoms with Crippen molar-refractivity contribution in [3.63, 3.8) is 0 Å². The van der Waals surface area contributed by atoms with Gasteiger partial charge in [-0.1, -0.05) is 191 Å². The number of hydrogen-bond acceptors (Lipinski definition) is 8. The smallest absolute Gasteiger partial charge is 0.462 e. The summed E-state index contributed by atoms with van der Waals surface area (Å²) in [6.45, 7) is 4.21. The number of rotatable bonds is 44. The second-order valence-corrected chi connectivity index (χ2v) is 19.1. The fourth-order valence-electron chi connectivity index (χ4n) is 6.56. The summed E-state index contributed by atoms with van der Waals surface area (Å²) in [5, 5.41) is 9.84. The Morgan fingerprint density at radius 2 is 1.03 bits per heavy atom. The van der Waals surface area contributed by atoms with Crippen molar-refractivity contribution < 1.29 is 47.2 Å². The van der Waals surface area contributed by atoms with E-state index in [0.29, 0.717) is 23.9 Å². The zero-order chi connectivity index (χ0) is 45.1. The van der Waals surface area contributed by atoms with Crippen LogP contribution >= 0.6 is 7.82 Å². The van der Waals surface area contributed by atoms with Gasteiger partial charge in [0.25, 0.3) is 0 Å². The van der Waals surface area contributed by atoms with Gasteiger partial charge in [0, 0.05) is 12.8 Å². The molecule has 0 bridgehead atoms. The topological polar surface area (TPSA) is 129 Å². The minimum Gasteiger partial charge on any atom is -0.462 e. The number of hydrogen-bond donors (Lipinski definition) is 2. The van der Waals surface area contributed by atoms with Gasteiger partial charge in [-0.15, -0.1) is 0 Å². The Bertz CT molecular complexity index is 1200. The predicted molar refractivity (Wildman–Crippen MR) is 253 cm³/mol. The first-order chi connectivity index (χ1) is 29.4. The Kier molecular flexibility index (Phi) is 40.5. The summed E-state index contributed by atoms with van der Waals surface area (Å²) in [5.41, 5.74) is 0. The van der Waals surface area contributed by atoms with Gasteiger partial charge in [-0.05, 0) is 44.9 Å². The first-order valence-corrected chi connectivity index (χ1v) is 25.9. The maximum Gasteiger partial charge on any atom is 0.472 e. The van der Waals surface area contributed by atoms with E-state index in [1.54, 1.807) is 0 Å². The highest BCUT2D eigenvalue weighted by Gasteiger charge is 2.27. The molecule has 0 aromatic rings. The molecule has 1 unspecified atom stereocenters. The molecule has 0 fully saturated rings. The molecule has 3 atom stereocenters. The lowest BCUT2D eigenvalue weighted by Gasteiger charge is -2.24. The molecule has 0 radical (unpaired) electrons. The van der Waals surface area contributed by atoms with Crippen LogP contribution < -0.4 is 0 Å². The van der Waals surface area contributed by atoms with Crippen LogP contribution in [0, 0.1) is 0 Å². The average molecular weight is 883 g/mol. The van der Waals surface area contributed by atoms with E-state index in [0.717, 1.165) is 57.8 Å². The molecular weight excluding hydrogens is 790 g/mol. The van der Waals surface area contributed by atoms with E-state index in [1.165, 1.54) is 103 Å². The highest BCUT2D eigenvalue weighted by Crippen LogP contribution is 2.43. The van der Waals surface area contributed by atoms with Gasteiger partial charge in [-0.25, -0.2) is 4.57 Å². The third-order valence-electron chi connectivity index (χ3n) is 10.4. The average Bonchev–Trinajstić information content (AvgIpc) is 3.21. The van der Waals surface area contributed by atoms with Crippen LogP contribution in [-0.4, -0.2) is 86.1 Å². The summed E-state index contributed by atoms with van der Waals surface area (Å²) in [4.78, 5) is 35.5. The predicted octanol–water partition coefficient (Wildman–Crippen LogP) is 13.2. The Balaban J connectivity index is 4.38. The Labute approximate surface area is 374 Å². The molecule has 0 heterocycles.